The van der Waals surface area contributed by atoms with Gasteiger partial charge in [0, 0.05) is 0 Å². The van der Waals surface area contributed by atoms with Crippen LogP contribution in [0.4, 0.5) is 4.79 Å². The lowest BCUT2D eigenvalue weighted by molar-refractivity contribution is -0.123. The number of hydrogen-bond donors (Lipinski definition) is 0. The minimum absolute atomic E-state index is 0.00279. The second-order valence-corrected chi connectivity index (χ2v) is 8.97. The number of methoxy groups -OCH3 is 1. The van der Waals surface area contributed by atoms with Gasteiger partial charge in [-0.1, -0.05) is 6.92 Å². The van der Waals surface area contributed by atoms with Crippen molar-refractivity contribution in [3.8, 4) is 11.5 Å². The van der Waals surface area contributed by atoms with Crippen molar-refractivity contribution in [3.63, 3.8) is 0 Å². The fraction of sp³-hybridized carbons (Fsp3) is 0.348. The molecule has 0 radical (unpaired) electrons. The molecule has 3 rings (SSSR count). The largest absolute Gasteiger partial charge is 0.490 e. The van der Waals surface area contributed by atoms with Crippen LogP contribution in [-0.2, 0) is 16.1 Å². The molecule has 1 aliphatic rings. The molecule has 1 fully saturated rings. The topological polar surface area (TPSA) is 95.3 Å². The zero-order valence-electron chi connectivity index (χ0n) is 18.7. The zero-order chi connectivity index (χ0) is 24.1. The number of thioether (sulfide) groups is 1. The molecule has 0 unspecified atom stereocenters. The van der Waals surface area contributed by atoms with E-state index in [1.54, 1.807) is 12.1 Å². The quantitative estimate of drug-likeness (QED) is 0.299. The van der Waals surface area contributed by atoms with E-state index in [1.165, 1.54) is 19.2 Å². The Morgan fingerprint density at radius 1 is 1.27 bits per heavy atom. The zero-order valence-corrected chi connectivity index (χ0v) is 21.1. The number of nitrogens with zero attached hydrogens (tertiary/aromatic N) is 1. The van der Waals surface area contributed by atoms with Crippen molar-refractivity contribution in [1.29, 1.82) is 0 Å². The van der Waals surface area contributed by atoms with Gasteiger partial charge in [-0.2, -0.15) is 0 Å². The molecule has 8 nitrogen and oxygen atoms in total. The predicted molar refractivity (Wildman–Crippen MR) is 127 cm³/mol. The first-order chi connectivity index (χ1) is 15.8. The lowest BCUT2D eigenvalue weighted by Gasteiger charge is -2.18. The van der Waals surface area contributed by atoms with E-state index in [4.69, 9.17) is 13.9 Å². The van der Waals surface area contributed by atoms with Crippen LogP contribution >= 0.6 is 27.7 Å². The molecule has 0 aliphatic carbocycles. The average Bonchev–Trinajstić information content (AvgIpc) is 3.36. The smallest absolute Gasteiger partial charge is 0.373 e. The molecule has 2 amide bonds. The lowest BCUT2D eigenvalue weighted by atomic mass is 10.1. The monoisotopic (exact) mass is 537 g/mol. The summed E-state index contributed by atoms with van der Waals surface area (Å²) in [4.78, 5) is 38.2. The summed E-state index contributed by atoms with van der Waals surface area (Å²) >= 11 is 4.36. The molecule has 0 N–H and O–H groups in total. The van der Waals surface area contributed by atoms with Gasteiger partial charge in [-0.3, -0.25) is 14.5 Å². The van der Waals surface area contributed by atoms with Crippen LogP contribution in [0, 0.1) is 0 Å². The van der Waals surface area contributed by atoms with E-state index in [-0.39, 0.29) is 23.3 Å². The Balaban J connectivity index is 1.83. The van der Waals surface area contributed by atoms with E-state index in [2.05, 4.69) is 20.7 Å². The van der Waals surface area contributed by atoms with E-state index in [9.17, 15) is 14.4 Å². The number of imide groups is 1. The van der Waals surface area contributed by atoms with Crippen LogP contribution in [0.5, 0.6) is 11.5 Å². The van der Waals surface area contributed by atoms with Crippen molar-refractivity contribution in [2.45, 2.75) is 39.8 Å². The highest BCUT2D eigenvalue weighted by molar-refractivity contribution is 9.10. The first-order valence-corrected chi connectivity index (χ1v) is 11.9. The normalized spacial score (nSPS) is 15.8. The van der Waals surface area contributed by atoms with Gasteiger partial charge in [0.15, 0.2) is 11.5 Å². The number of hydrogen-bond acceptors (Lipinski definition) is 8. The molecule has 1 aromatic heterocycles. The summed E-state index contributed by atoms with van der Waals surface area (Å²) in [6, 6.07) is 6.55. The number of amides is 2. The van der Waals surface area contributed by atoms with Crippen LogP contribution in [0.2, 0.25) is 0 Å². The van der Waals surface area contributed by atoms with Gasteiger partial charge in [-0.25, -0.2) is 4.79 Å². The summed E-state index contributed by atoms with van der Waals surface area (Å²) < 4.78 is 22.4. The molecule has 2 aromatic rings. The summed E-state index contributed by atoms with van der Waals surface area (Å²) in [7, 11) is 1.24. The van der Waals surface area contributed by atoms with E-state index < -0.39 is 17.1 Å². The third kappa shape index (κ3) is 5.80. The summed E-state index contributed by atoms with van der Waals surface area (Å²) in [5, 5.41) is -0.428. The Morgan fingerprint density at radius 2 is 2.03 bits per heavy atom. The predicted octanol–water partition coefficient (Wildman–Crippen LogP) is 5.64. The molecule has 0 spiro atoms. The molecule has 1 aliphatic heterocycles. The summed E-state index contributed by atoms with van der Waals surface area (Å²) in [5.74, 6) is 0.357. The molecule has 1 aromatic carbocycles. The Kier molecular flexibility index (Phi) is 8.25. The van der Waals surface area contributed by atoms with Gasteiger partial charge in [0.1, 0.15) is 5.76 Å². The van der Waals surface area contributed by atoms with Crippen molar-refractivity contribution in [3.05, 3.63) is 50.7 Å². The summed E-state index contributed by atoms with van der Waals surface area (Å²) in [5.41, 5.74) is 0.679. The van der Waals surface area contributed by atoms with Gasteiger partial charge in [-0.05, 0) is 83.9 Å². The number of halogens is 1. The summed E-state index contributed by atoms with van der Waals surface area (Å²) in [6.45, 7) is 6.23. The number of benzene rings is 1. The number of furan rings is 1. The first kappa shape index (κ1) is 24.9. The standard InChI is InChI=1S/C23H24BrNO7S/c1-5-13(3)31-20-16(24)9-14(10-18(20)30-6-2)11-19-21(26)25(23(28)33-19)12-15-7-8-17(32-15)22(27)29-4/h7-11,13H,5-6,12H2,1-4H3/b19-11+/t13-/m0/s1. The Bertz CT molecular complexity index is 1090. The Hall–Kier alpha value is -2.72. The van der Waals surface area contributed by atoms with Gasteiger partial charge >= 0.3 is 5.97 Å². The van der Waals surface area contributed by atoms with Crippen molar-refractivity contribution < 1.29 is 33.0 Å². The number of carbonyl (C=O) groups excluding carboxylic acids is 3. The van der Waals surface area contributed by atoms with Crippen molar-refractivity contribution in [1.82, 2.24) is 4.90 Å². The first-order valence-electron chi connectivity index (χ1n) is 10.3. The Labute approximate surface area is 204 Å². The highest BCUT2D eigenvalue weighted by atomic mass is 79.9. The highest BCUT2D eigenvalue weighted by Gasteiger charge is 2.36. The molecule has 2 heterocycles. The fourth-order valence-corrected chi connectivity index (χ4v) is 4.34. The van der Waals surface area contributed by atoms with Gasteiger partial charge in [0.05, 0.1) is 35.7 Å². The maximum Gasteiger partial charge on any atom is 0.373 e. The van der Waals surface area contributed by atoms with E-state index >= 15 is 0 Å². The minimum atomic E-state index is -0.633. The molecular formula is C23H24BrNO7S. The average molecular weight is 538 g/mol. The minimum Gasteiger partial charge on any atom is -0.490 e. The molecule has 10 heteroatoms. The number of ether oxygens (including phenoxy) is 3. The van der Waals surface area contributed by atoms with Gasteiger partial charge in [0.25, 0.3) is 11.1 Å². The number of esters is 1. The van der Waals surface area contributed by atoms with Crippen LogP contribution in [0.15, 0.2) is 38.1 Å². The fourth-order valence-electron chi connectivity index (χ4n) is 2.95. The Morgan fingerprint density at radius 3 is 2.70 bits per heavy atom. The molecule has 0 saturated carbocycles. The van der Waals surface area contributed by atoms with Crippen LogP contribution in [0.3, 0.4) is 0 Å². The van der Waals surface area contributed by atoms with Gasteiger partial charge < -0.3 is 18.6 Å². The van der Waals surface area contributed by atoms with Crippen LogP contribution < -0.4 is 9.47 Å². The second-order valence-electron chi connectivity index (χ2n) is 7.13. The third-order valence-corrected chi connectivity index (χ3v) is 6.26. The maximum atomic E-state index is 12.9. The molecule has 0 bridgehead atoms. The summed E-state index contributed by atoms with van der Waals surface area (Å²) in [6.07, 6.45) is 2.47. The number of rotatable bonds is 9. The van der Waals surface area contributed by atoms with E-state index in [1.807, 2.05) is 26.8 Å². The van der Waals surface area contributed by atoms with Crippen LogP contribution in [-0.4, -0.2) is 41.8 Å². The number of carbonyl (C=O) groups is 3. The van der Waals surface area contributed by atoms with E-state index in [0.717, 1.165) is 23.1 Å². The second kappa shape index (κ2) is 10.9. The van der Waals surface area contributed by atoms with Gasteiger partial charge in [0.2, 0.25) is 5.76 Å². The maximum absolute atomic E-state index is 12.9. The van der Waals surface area contributed by atoms with Gasteiger partial charge in [-0.15, -0.1) is 0 Å². The highest BCUT2D eigenvalue weighted by Crippen LogP contribution is 2.40. The lowest BCUT2D eigenvalue weighted by Crippen LogP contribution is -2.27. The molecule has 33 heavy (non-hydrogen) atoms. The van der Waals surface area contributed by atoms with Crippen molar-refractivity contribution in [2.24, 2.45) is 0 Å². The SMILES string of the molecule is CCOc1cc(/C=C2/SC(=O)N(Cc3ccc(C(=O)OC)o3)C2=O)cc(Br)c1O[C@@H](C)CC. The molecule has 1 atom stereocenters. The molecule has 1 saturated heterocycles. The van der Waals surface area contributed by atoms with E-state index in [0.29, 0.717) is 33.9 Å². The molecule has 176 valence electrons. The van der Waals surface area contributed by atoms with Crippen LogP contribution in [0.25, 0.3) is 6.08 Å². The van der Waals surface area contributed by atoms with Crippen molar-refractivity contribution in [2.75, 3.05) is 13.7 Å². The van der Waals surface area contributed by atoms with Crippen molar-refractivity contribution >= 4 is 50.9 Å². The molecular weight excluding hydrogens is 514 g/mol. The third-order valence-electron chi connectivity index (χ3n) is 4.76. The van der Waals surface area contributed by atoms with Crippen LogP contribution in [0.1, 0.15) is 49.1 Å².